The van der Waals surface area contributed by atoms with E-state index in [-0.39, 0.29) is 11.9 Å². The number of ether oxygens (including phenoxy) is 2. The highest BCUT2D eigenvalue weighted by atomic mass is 16.5. The fraction of sp³-hybridized carbons (Fsp3) is 0.368. The van der Waals surface area contributed by atoms with Gasteiger partial charge in [0.1, 0.15) is 0 Å². The Kier molecular flexibility index (Phi) is 4.69. The van der Waals surface area contributed by atoms with Gasteiger partial charge in [0.15, 0.2) is 11.5 Å². The summed E-state index contributed by atoms with van der Waals surface area (Å²) >= 11 is 0. The summed E-state index contributed by atoms with van der Waals surface area (Å²) in [5.41, 5.74) is 2.61. The number of hydrogen-bond acceptors (Lipinski definition) is 4. The molecule has 3 rings (SSSR count). The summed E-state index contributed by atoms with van der Waals surface area (Å²) < 4.78 is 10.7. The molecular formula is C19H22N2O3. The summed E-state index contributed by atoms with van der Waals surface area (Å²) in [6.45, 7) is 2.67. The second kappa shape index (κ2) is 6.91. The summed E-state index contributed by atoms with van der Waals surface area (Å²) in [5.74, 6) is 1.41. The average molecular weight is 326 g/mol. The van der Waals surface area contributed by atoms with Crippen molar-refractivity contribution >= 4 is 5.91 Å². The van der Waals surface area contributed by atoms with Crippen molar-refractivity contribution in [3.63, 3.8) is 0 Å². The second-order valence-electron chi connectivity index (χ2n) is 5.96. The van der Waals surface area contributed by atoms with Crippen LogP contribution in [0.5, 0.6) is 11.5 Å². The number of rotatable bonds is 4. The summed E-state index contributed by atoms with van der Waals surface area (Å²) in [7, 11) is 3.24. The molecule has 0 radical (unpaired) electrons. The van der Waals surface area contributed by atoms with Gasteiger partial charge in [0.05, 0.1) is 25.8 Å². The van der Waals surface area contributed by atoms with E-state index in [9.17, 15) is 4.79 Å². The molecule has 1 aromatic heterocycles. The third-order valence-corrected chi connectivity index (χ3v) is 4.46. The van der Waals surface area contributed by atoms with E-state index in [1.807, 2.05) is 42.2 Å². The first-order valence-electron chi connectivity index (χ1n) is 8.09. The van der Waals surface area contributed by atoms with Crippen LogP contribution in [0.4, 0.5) is 0 Å². The Morgan fingerprint density at radius 1 is 1.17 bits per heavy atom. The van der Waals surface area contributed by atoms with E-state index in [0.717, 1.165) is 30.6 Å². The van der Waals surface area contributed by atoms with Crippen molar-refractivity contribution in [2.75, 3.05) is 20.8 Å². The summed E-state index contributed by atoms with van der Waals surface area (Å²) in [6, 6.07) is 9.62. The molecule has 1 saturated heterocycles. The Labute approximate surface area is 142 Å². The lowest BCUT2D eigenvalue weighted by Crippen LogP contribution is -2.30. The topological polar surface area (TPSA) is 51.7 Å². The predicted octanol–water partition coefficient (Wildman–Crippen LogP) is 3.38. The van der Waals surface area contributed by atoms with Crippen LogP contribution in [-0.4, -0.2) is 36.6 Å². The van der Waals surface area contributed by atoms with Crippen LogP contribution >= 0.6 is 0 Å². The van der Waals surface area contributed by atoms with E-state index in [0.29, 0.717) is 17.1 Å². The molecule has 2 heterocycles. The fourth-order valence-electron chi connectivity index (χ4n) is 3.18. The van der Waals surface area contributed by atoms with Crippen molar-refractivity contribution < 1.29 is 14.3 Å². The third kappa shape index (κ3) is 3.07. The SMILES string of the molecule is COc1ccc(C2CCCN2C(=O)c2ccc(C)nc2)cc1OC. The molecule has 0 saturated carbocycles. The molecule has 1 aromatic carbocycles. The lowest BCUT2D eigenvalue weighted by atomic mass is 10.0. The van der Waals surface area contributed by atoms with Crippen molar-refractivity contribution in [3.8, 4) is 11.5 Å². The lowest BCUT2D eigenvalue weighted by molar-refractivity contribution is 0.0735. The van der Waals surface area contributed by atoms with Crippen molar-refractivity contribution in [3.05, 3.63) is 53.3 Å². The van der Waals surface area contributed by atoms with Gasteiger partial charge in [-0.05, 0) is 49.6 Å². The standard InChI is InChI=1S/C19H22N2O3/c1-13-6-7-15(12-20-13)19(22)21-10-4-5-16(21)14-8-9-17(23-2)18(11-14)24-3/h6-9,11-12,16H,4-5,10H2,1-3H3. The van der Waals surface area contributed by atoms with E-state index < -0.39 is 0 Å². The van der Waals surface area contributed by atoms with Gasteiger partial charge in [-0.2, -0.15) is 0 Å². The molecule has 0 bridgehead atoms. The quantitative estimate of drug-likeness (QED) is 0.864. The van der Waals surface area contributed by atoms with Gasteiger partial charge in [0.2, 0.25) is 0 Å². The molecular weight excluding hydrogens is 304 g/mol. The molecule has 1 atom stereocenters. The molecule has 5 nitrogen and oxygen atoms in total. The average Bonchev–Trinajstić information content (AvgIpc) is 3.10. The van der Waals surface area contributed by atoms with Crippen LogP contribution in [-0.2, 0) is 0 Å². The maximum atomic E-state index is 12.8. The van der Waals surface area contributed by atoms with E-state index in [2.05, 4.69) is 4.98 Å². The van der Waals surface area contributed by atoms with E-state index in [4.69, 9.17) is 9.47 Å². The Morgan fingerprint density at radius 3 is 2.62 bits per heavy atom. The maximum absolute atomic E-state index is 12.8. The van der Waals surface area contributed by atoms with Crippen LogP contribution in [0.3, 0.4) is 0 Å². The Balaban J connectivity index is 1.87. The molecule has 1 aliphatic rings. The normalized spacial score (nSPS) is 17.0. The number of carbonyl (C=O) groups is 1. The van der Waals surface area contributed by atoms with Crippen LogP contribution in [0.2, 0.25) is 0 Å². The number of carbonyl (C=O) groups excluding carboxylic acids is 1. The minimum absolute atomic E-state index is 0.0276. The van der Waals surface area contributed by atoms with Gasteiger partial charge in [-0.15, -0.1) is 0 Å². The number of benzene rings is 1. The number of amides is 1. The molecule has 1 unspecified atom stereocenters. The molecule has 126 valence electrons. The van der Waals surface area contributed by atoms with Gasteiger partial charge in [0, 0.05) is 18.4 Å². The number of nitrogens with zero attached hydrogens (tertiary/aromatic N) is 2. The largest absolute Gasteiger partial charge is 0.493 e. The number of pyridine rings is 1. The van der Waals surface area contributed by atoms with Gasteiger partial charge in [-0.3, -0.25) is 9.78 Å². The summed E-state index contributed by atoms with van der Waals surface area (Å²) in [6.07, 6.45) is 3.59. The molecule has 1 fully saturated rings. The number of likely N-dealkylation sites (tertiary alicyclic amines) is 1. The minimum Gasteiger partial charge on any atom is -0.493 e. The fourth-order valence-corrected chi connectivity index (χ4v) is 3.18. The highest BCUT2D eigenvalue weighted by Crippen LogP contribution is 2.37. The zero-order valence-electron chi connectivity index (χ0n) is 14.3. The molecule has 0 spiro atoms. The van der Waals surface area contributed by atoms with E-state index in [1.165, 1.54) is 0 Å². The molecule has 2 aromatic rings. The maximum Gasteiger partial charge on any atom is 0.255 e. The van der Waals surface area contributed by atoms with Crippen molar-refractivity contribution in [1.29, 1.82) is 0 Å². The zero-order valence-corrected chi connectivity index (χ0v) is 14.3. The molecule has 0 N–H and O–H groups in total. The summed E-state index contributed by atoms with van der Waals surface area (Å²) in [4.78, 5) is 19.0. The first kappa shape index (κ1) is 16.3. The lowest BCUT2D eigenvalue weighted by Gasteiger charge is -2.25. The predicted molar refractivity (Wildman–Crippen MR) is 91.5 cm³/mol. The first-order valence-corrected chi connectivity index (χ1v) is 8.09. The zero-order chi connectivity index (χ0) is 17.1. The third-order valence-electron chi connectivity index (χ3n) is 4.46. The first-order chi connectivity index (χ1) is 11.6. The van der Waals surface area contributed by atoms with Crippen molar-refractivity contribution in [2.45, 2.75) is 25.8 Å². The number of methoxy groups -OCH3 is 2. The molecule has 1 amide bonds. The van der Waals surface area contributed by atoms with Crippen LogP contribution in [0.25, 0.3) is 0 Å². The molecule has 1 aliphatic heterocycles. The van der Waals surface area contributed by atoms with Gasteiger partial charge in [0.25, 0.3) is 5.91 Å². The minimum atomic E-state index is 0.0276. The second-order valence-corrected chi connectivity index (χ2v) is 5.96. The Morgan fingerprint density at radius 2 is 1.96 bits per heavy atom. The van der Waals surface area contributed by atoms with Gasteiger partial charge < -0.3 is 14.4 Å². The van der Waals surface area contributed by atoms with Crippen LogP contribution in [0, 0.1) is 6.92 Å². The van der Waals surface area contributed by atoms with Crippen molar-refractivity contribution in [1.82, 2.24) is 9.88 Å². The smallest absolute Gasteiger partial charge is 0.255 e. The highest BCUT2D eigenvalue weighted by Gasteiger charge is 2.31. The number of hydrogen-bond donors (Lipinski definition) is 0. The van der Waals surface area contributed by atoms with Crippen LogP contribution < -0.4 is 9.47 Å². The molecule has 0 aliphatic carbocycles. The Bertz CT molecular complexity index is 728. The monoisotopic (exact) mass is 326 g/mol. The van der Waals surface area contributed by atoms with Gasteiger partial charge >= 0.3 is 0 Å². The molecule has 5 heteroatoms. The Hall–Kier alpha value is -2.56. The highest BCUT2D eigenvalue weighted by molar-refractivity contribution is 5.94. The van der Waals surface area contributed by atoms with Crippen molar-refractivity contribution in [2.24, 2.45) is 0 Å². The van der Waals surface area contributed by atoms with E-state index >= 15 is 0 Å². The number of aromatic nitrogens is 1. The number of aryl methyl sites for hydroxylation is 1. The molecule has 24 heavy (non-hydrogen) atoms. The van der Waals surface area contributed by atoms with E-state index in [1.54, 1.807) is 20.4 Å². The summed E-state index contributed by atoms with van der Waals surface area (Å²) in [5, 5.41) is 0. The van der Waals surface area contributed by atoms with Crippen LogP contribution in [0.15, 0.2) is 36.5 Å². The van der Waals surface area contributed by atoms with Gasteiger partial charge in [-0.25, -0.2) is 0 Å². The van der Waals surface area contributed by atoms with Gasteiger partial charge in [-0.1, -0.05) is 6.07 Å². The van der Waals surface area contributed by atoms with Crippen LogP contribution in [0.1, 0.15) is 40.5 Å².